The maximum Gasteiger partial charge on any atom is 0.295 e. The largest absolute Gasteiger partial charge is 0.295 e. The number of rotatable bonds is 5. The van der Waals surface area contributed by atoms with Gasteiger partial charge in [-0.15, -0.1) is 0 Å². The molecule has 0 bridgehead atoms. The third-order valence-electron chi connectivity index (χ3n) is 5.46. The van der Waals surface area contributed by atoms with Crippen molar-refractivity contribution in [1.82, 2.24) is 4.31 Å². The maximum atomic E-state index is 12.7. The Morgan fingerprint density at radius 1 is 1.15 bits per heavy atom. The minimum atomic E-state index is -3.70. The molecule has 1 aliphatic carbocycles. The first-order valence-corrected chi connectivity index (χ1v) is 10.9. The summed E-state index contributed by atoms with van der Waals surface area (Å²) in [5, 5.41) is 15.9. The summed E-state index contributed by atoms with van der Waals surface area (Å²) in [6.45, 7) is 5.13. The van der Waals surface area contributed by atoms with E-state index < -0.39 is 14.9 Å². The predicted octanol–water partition coefficient (Wildman–Crippen LogP) is 3.60. The van der Waals surface area contributed by atoms with Crippen LogP contribution in [0.25, 0.3) is 0 Å². The number of hydrogen-bond donors (Lipinski definition) is 1. The molecule has 1 saturated carbocycles. The second kappa shape index (κ2) is 7.93. The van der Waals surface area contributed by atoms with Gasteiger partial charge in [0.15, 0.2) is 0 Å². The summed E-state index contributed by atoms with van der Waals surface area (Å²) in [6, 6.07) is 3.98. The molecule has 2 aliphatic rings. The summed E-state index contributed by atoms with van der Waals surface area (Å²) in [7, 11) is -3.70. The molecule has 9 heteroatoms. The molecule has 148 valence electrons. The molecular weight excluding hydrogens is 368 g/mol. The summed E-state index contributed by atoms with van der Waals surface area (Å²) in [5.41, 5.74) is 3.74. The highest BCUT2D eigenvalue weighted by atomic mass is 32.2. The molecule has 0 radical (unpaired) electrons. The fourth-order valence-electron chi connectivity index (χ4n) is 3.85. The molecule has 8 nitrogen and oxygen atoms in total. The summed E-state index contributed by atoms with van der Waals surface area (Å²) < 4.78 is 26.7. The molecule has 1 N–H and O–H groups in total. The summed E-state index contributed by atoms with van der Waals surface area (Å²) in [5.74, 6) is 0.658. The molecule has 1 aromatic carbocycles. The molecular formula is C18H26N4O4S. The highest BCUT2D eigenvalue weighted by Gasteiger charge is 2.30. The Kier molecular flexibility index (Phi) is 5.81. The normalized spacial score (nSPS) is 25.6. The van der Waals surface area contributed by atoms with Crippen molar-refractivity contribution in [3.63, 3.8) is 0 Å². The number of hydrazone groups is 1. The van der Waals surface area contributed by atoms with E-state index in [0.717, 1.165) is 43.9 Å². The predicted molar refractivity (Wildman–Crippen MR) is 104 cm³/mol. The number of nitrogens with one attached hydrogen (secondary N) is 1. The first kappa shape index (κ1) is 19.8. The minimum absolute atomic E-state index is 0.0475. The molecule has 1 saturated heterocycles. The van der Waals surface area contributed by atoms with Crippen LogP contribution in [0.5, 0.6) is 0 Å². The van der Waals surface area contributed by atoms with Crippen LogP contribution < -0.4 is 5.43 Å². The number of nitro benzene ring substituents is 1. The number of nitrogens with zero attached hydrogens (tertiary/aromatic N) is 3. The molecule has 0 unspecified atom stereocenters. The molecule has 2 atom stereocenters. The van der Waals surface area contributed by atoms with E-state index in [4.69, 9.17) is 0 Å². The van der Waals surface area contributed by atoms with Gasteiger partial charge in [0.25, 0.3) is 5.69 Å². The van der Waals surface area contributed by atoms with Gasteiger partial charge in [0.05, 0.1) is 9.82 Å². The maximum absolute atomic E-state index is 12.7. The Labute approximate surface area is 159 Å². The zero-order valence-corrected chi connectivity index (χ0v) is 16.5. The van der Waals surface area contributed by atoms with E-state index >= 15 is 0 Å². The Morgan fingerprint density at radius 2 is 1.78 bits per heavy atom. The molecule has 1 heterocycles. The van der Waals surface area contributed by atoms with Gasteiger partial charge in [-0.2, -0.15) is 9.41 Å². The van der Waals surface area contributed by atoms with Gasteiger partial charge in [-0.25, -0.2) is 8.42 Å². The van der Waals surface area contributed by atoms with Gasteiger partial charge < -0.3 is 0 Å². The summed E-state index contributed by atoms with van der Waals surface area (Å²) >= 11 is 0. The Hall–Kier alpha value is -2.00. The minimum Gasteiger partial charge on any atom is -0.272 e. The van der Waals surface area contributed by atoms with E-state index in [1.165, 1.54) is 16.4 Å². The monoisotopic (exact) mass is 394 g/mol. The van der Waals surface area contributed by atoms with Gasteiger partial charge in [-0.1, -0.05) is 20.3 Å². The van der Waals surface area contributed by atoms with Gasteiger partial charge in [0.1, 0.15) is 5.69 Å². The van der Waals surface area contributed by atoms with E-state index in [2.05, 4.69) is 24.4 Å². The first-order chi connectivity index (χ1) is 12.8. The van der Waals surface area contributed by atoms with Crippen molar-refractivity contribution >= 4 is 27.1 Å². The summed E-state index contributed by atoms with van der Waals surface area (Å²) in [4.78, 5) is 10.9. The molecule has 0 spiro atoms. The average molecular weight is 394 g/mol. The van der Waals surface area contributed by atoms with Crippen LogP contribution in [0.1, 0.15) is 46.0 Å². The smallest absolute Gasteiger partial charge is 0.272 e. The third-order valence-corrected chi connectivity index (χ3v) is 7.35. The molecule has 27 heavy (non-hydrogen) atoms. The standard InChI is InChI=1S/C18H26N4O4S/c1-13-6-5-7-14(2)18(13)20-19-16-9-8-15(12-17(16)22(23)24)27(25,26)21-10-3-4-11-21/h8-9,12-14,19H,3-7,10-11H2,1-2H3/t13-,14+. The number of anilines is 1. The van der Waals surface area contributed by atoms with Crippen LogP contribution in [0.15, 0.2) is 28.2 Å². The highest BCUT2D eigenvalue weighted by molar-refractivity contribution is 7.89. The lowest BCUT2D eigenvalue weighted by atomic mass is 9.81. The first-order valence-electron chi connectivity index (χ1n) is 9.43. The van der Waals surface area contributed by atoms with Crippen molar-refractivity contribution in [2.75, 3.05) is 18.5 Å². The van der Waals surface area contributed by atoms with Crippen molar-refractivity contribution < 1.29 is 13.3 Å². The Bertz CT molecular complexity index is 835. The van der Waals surface area contributed by atoms with Crippen molar-refractivity contribution in [2.24, 2.45) is 16.9 Å². The van der Waals surface area contributed by atoms with Gasteiger partial charge in [0, 0.05) is 24.9 Å². The SMILES string of the molecule is C[C@@H]1CCC[C@H](C)C1=NNc1ccc(S(=O)(=O)N2CCCC2)cc1[N+](=O)[O-]. The van der Waals surface area contributed by atoms with Crippen molar-refractivity contribution in [2.45, 2.75) is 50.8 Å². The molecule has 0 amide bonds. The Morgan fingerprint density at radius 3 is 2.37 bits per heavy atom. The van der Waals surface area contributed by atoms with E-state index in [1.54, 1.807) is 0 Å². The lowest BCUT2D eigenvalue weighted by Gasteiger charge is -2.26. The fourth-order valence-corrected chi connectivity index (χ4v) is 5.39. The highest BCUT2D eigenvalue weighted by Crippen LogP contribution is 2.31. The zero-order chi connectivity index (χ0) is 19.6. The second-order valence-electron chi connectivity index (χ2n) is 7.43. The number of benzene rings is 1. The average Bonchev–Trinajstić information content (AvgIpc) is 3.16. The Balaban J connectivity index is 1.89. The zero-order valence-electron chi connectivity index (χ0n) is 15.7. The second-order valence-corrected chi connectivity index (χ2v) is 9.37. The van der Waals surface area contributed by atoms with Crippen molar-refractivity contribution in [3.8, 4) is 0 Å². The van der Waals surface area contributed by atoms with E-state index in [1.807, 2.05) is 0 Å². The van der Waals surface area contributed by atoms with Crippen LogP contribution in [0.3, 0.4) is 0 Å². The lowest BCUT2D eigenvalue weighted by molar-refractivity contribution is -0.384. The van der Waals surface area contributed by atoms with E-state index in [9.17, 15) is 18.5 Å². The van der Waals surface area contributed by atoms with Gasteiger partial charge in [0.2, 0.25) is 10.0 Å². The molecule has 2 fully saturated rings. The number of sulfonamides is 1. The van der Waals surface area contributed by atoms with Crippen LogP contribution >= 0.6 is 0 Å². The van der Waals surface area contributed by atoms with E-state index in [-0.39, 0.29) is 16.3 Å². The number of hydrogen-bond acceptors (Lipinski definition) is 6. The van der Waals surface area contributed by atoms with Crippen LogP contribution in [0, 0.1) is 22.0 Å². The molecule has 1 aliphatic heterocycles. The number of nitro groups is 1. The van der Waals surface area contributed by atoms with Gasteiger partial charge in [-0.3, -0.25) is 15.5 Å². The lowest BCUT2D eigenvalue weighted by Crippen LogP contribution is -2.28. The van der Waals surface area contributed by atoms with Crippen LogP contribution in [0.4, 0.5) is 11.4 Å². The molecule has 1 aromatic rings. The van der Waals surface area contributed by atoms with Gasteiger partial charge in [-0.05, 0) is 49.7 Å². The quantitative estimate of drug-likeness (QED) is 0.607. The summed E-state index contributed by atoms with van der Waals surface area (Å²) in [6.07, 6.45) is 4.90. The van der Waals surface area contributed by atoms with Crippen LogP contribution in [0.2, 0.25) is 0 Å². The van der Waals surface area contributed by atoms with Crippen LogP contribution in [-0.2, 0) is 10.0 Å². The van der Waals surface area contributed by atoms with Crippen LogP contribution in [-0.4, -0.2) is 36.4 Å². The fraction of sp³-hybridized carbons (Fsp3) is 0.611. The topological polar surface area (TPSA) is 105 Å². The molecule has 3 rings (SSSR count). The molecule has 0 aromatic heterocycles. The van der Waals surface area contributed by atoms with Crippen molar-refractivity contribution in [1.29, 1.82) is 0 Å². The van der Waals surface area contributed by atoms with Gasteiger partial charge >= 0.3 is 0 Å². The van der Waals surface area contributed by atoms with Crippen molar-refractivity contribution in [3.05, 3.63) is 28.3 Å². The van der Waals surface area contributed by atoms with E-state index in [0.29, 0.717) is 24.9 Å². The third kappa shape index (κ3) is 4.14.